The number of hydrogen-bond acceptors (Lipinski definition) is 3. The fourth-order valence-corrected chi connectivity index (χ4v) is 1.89. The quantitative estimate of drug-likeness (QED) is 0.657. The van der Waals surface area contributed by atoms with Crippen molar-refractivity contribution >= 4 is 5.91 Å². The molecular weight excluding hydrogens is 204 g/mol. The molecule has 1 rings (SSSR count). The van der Waals surface area contributed by atoms with Gasteiger partial charge in [-0.25, -0.2) is 0 Å². The van der Waals surface area contributed by atoms with Crippen molar-refractivity contribution in [1.82, 2.24) is 10.2 Å². The van der Waals surface area contributed by atoms with Crippen molar-refractivity contribution in [1.29, 1.82) is 0 Å². The minimum Gasteiger partial charge on any atom is -0.379 e. The molecule has 94 valence electrons. The molecule has 0 aromatic rings. The molecule has 4 heteroatoms. The Bertz CT molecular complexity index is 219. The van der Waals surface area contributed by atoms with Gasteiger partial charge in [-0.05, 0) is 18.9 Å². The molecule has 0 aromatic carbocycles. The van der Waals surface area contributed by atoms with Gasteiger partial charge in [0.15, 0.2) is 0 Å². The van der Waals surface area contributed by atoms with E-state index >= 15 is 0 Å². The summed E-state index contributed by atoms with van der Waals surface area (Å²) in [5.41, 5.74) is 0. The third-order valence-corrected chi connectivity index (χ3v) is 2.70. The third-order valence-electron chi connectivity index (χ3n) is 2.70. The summed E-state index contributed by atoms with van der Waals surface area (Å²) in [7, 11) is 0. The molecule has 0 radical (unpaired) electrons. The average Bonchev–Trinajstić information content (AvgIpc) is 2.57. The molecule has 0 bridgehead atoms. The van der Waals surface area contributed by atoms with Gasteiger partial charge in [0.1, 0.15) is 0 Å². The second-order valence-corrected chi connectivity index (χ2v) is 4.69. The summed E-state index contributed by atoms with van der Waals surface area (Å²) >= 11 is 0. The van der Waals surface area contributed by atoms with Crippen molar-refractivity contribution in [3.8, 4) is 0 Å². The largest absolute Gasteiger partial charge is 0.379 e. The lowest BCUT2D eigenvalue weighted by Gasteiger charge is -2.17. The Morgan fingerprint density at radius 3 is 2.94 bits per heavy atom. The maximum absolute atomic E-state index is 11.8. The maximum Gasteiger partial charge on any atom is 0.239 e. The second-order valence-electron chi connectivity index (χ2n) is 4.69. The molecule has 16 heavy (non-hydrogen) atoms. The zero-order valence-electron chi connectivity index (χ0n) is 10.7. The lowest BCUT2D eigenvalue weighted by molar-refractivity contribution is -0.130. The third kappa shape index (κ3) is 4.10. The normalized spacial score (nSPS) is 21.1. The molecule has 1 aliphatic heterocycles. The van der Waals surface area contributed by atoms with Gasteiger partial charge in [-0.2, -0.15) is 0 Å². The van der Waals surface area contributed by atoms with Crippen LogP contribution in [0.4, 0.5) is 0 Å². The molecule has 1 saturated heterocycles. The number of likely N-dealkylation sites (tertiary alicyclic amines) is 1. The van der Waals surface area contributed by atoms with Gasteiger partial charge < -0.3 is 15.0 Å². The predicted octanol–water partition coefficient (Wildman–Crippen LogP) is 0.869. The van der Waals surface area contributed by atoms with E-state index in [-0.39, 0.29) is 11.9 Å². The number of ether oxygens (including phenoxy) is 1. The van der Waals surface area contributed by atoms with E-state index in [0.29, 0.717) is 12.5 Å². The average molecular weight is 228 g/mol. The summed E-state index contributed by atoms with van der Waals surface area (Å²) < 4.78 is 5.49. The van der Waals surface area contributed by atoms with E-state index in [1.807, 2.05) is 11.8 Å². The number of nitrogens with one attached hydrogen (secondary N) is 1. The maximum atomic E-state index is 11.8. The summed E-state index contributed by atoms with van der Waals surface area (Å²) in [6.45, 7) is 10.2. The molecule has 1 atom stereocenters. The van der Waals surface area contributed by atoms with Crippen LogP contribution in [0.15, 0.2) is 0 Å². The van der Waals surface area contributed by atoms with Gasteiger partial charge in [0.05, 0.1) is 12.6 Å². The molecule has 0 aromatic heterocycles. The Labute approximate surface area is 98.3 Å². The van der Waals surface area contributed by atoms with Gasteiger partial charge in [-0.1, -0.05) is 20.8 Å². The number of carbonyl (C=O) groups is 1. The Morgan fingerprint density at radius 1 is 1.56 bits per heavy atom. The predicted molar refractivity (Wildman–Crippen MR) is 64.3 cm³/mol. The summed E-state index contributed by atoms with van der Waals surface area (Å²) in [6, 6.07) is 0.0371. The molecule has 1 amide bonds. The van der Waals surface area contributed by atoms with Crippen LogP contribution in [0.2, 0.25) is 0 Å². The summed E-state index contributed by atoms with van der Waals surface area (Å²) in [5, 5.41) is 3.20. The van der Waals surface area contributed by atoms with Crippen molar-refractivity contribution in [2.24, 2.45) is 5.92 Å². The van der Waals surface area contributed by atoms with Crippen LogP contribution in [0.3, 0.4) is 0 Å². The molecule has 4 nitrogen and oxygen atoms in total. The van der Waals surface area contributed by atoms with Crippen LogP contribution in [0.25, 0.3) is 0 Å². The Hall–Kier alpha value is -0.610. The van der Waals surface area contributed by atoms with Crippen LogP contribution < -0.4 is 5.32 Å². The highest BCUT2D eigenvalue weighted by Gasteiger charge is 2.30. The fourth-order valence-electron chi connectivity index (χ4n) is 1.89. The van der Waals surface area contributed by atoms with Crippen LogP contribution in [-0.2, 0) is 9.53 Å². The zero-order valence-corrected chi connectivity index (χ0v) is 10.7. The number of carbonyl (C=O) groups excluding carboxylic acids is 1. The molecule has 1 aliphatic rings. The minimum absolute atomic E-state index is 0.0371. The first-order valence-corrected chi connectivity index (χ1v) is 6.25. The van der Waals surface area contributed by atoms with Gasteiger partial charge in [0.25, 0.3) is 0 Å². The van der Waals surface area contributed by atoms with E-state index in [1.165, 1.54) is 0 Å². The standard InChI is InChI=1S/C12H24N2O2/c1-4-13-11-5-6-14(12(11)15)7-8-16-9-10(2)3/h10-11,13H,4-9H2,1-3H3. The molecule has 1 unspecified atom stereocenters. The molecule has 0 aliphatic carbocycles. The first-order chi connectivity index (χ1) is 7.65. The monoisotopic (exact) mass is 228 g/mol. The van der Waals surface area contributed by atoms with Crippen LogP contribution in [0, 0.1) is 5.92 Å². The Morgan fingerprint density at radius 2 is 2.31 bits per heavy atom. The number of rotatable bonds is 7. The van der Waals surface area contributed by atoms with E-state index in [1.54, 1.807) is 0 Å². The van der Waals surface area contributed by atoms with Gasteiger partial charge in [0, 0.05) is 19.7 Å². The molecule has 1 fully saturated rings. The number of amides is 1. The van der Waals surface area contributed by atoms with E-state index in [0.717, 1.165) is 32.7 Å². The van der Waals surface area contributed by atoms with Crippen LogP contribution in [-0.4, -0.2) is 49.7 Å². The van der Waals surface area contributed by atoms with E-state index < -0.39 is 0 Å². The van der Waals surface area contributed by atoms with Crippen LogP contribution in [0.1, 0.15) is 27.2 Å². The van der Waals surface area contributed by atoms with E-state index in [2.05, 4.69) is 19.2 Å². The molecular formula is C12H24N2O2. The highest BCUT2D eigenvalue weighted by molar-refractivity contribution is 5.83. The first-order valence-electron chi connectivity index (χ1n) is 6.25. The minimum atomic E-state index is 0.0371. The van der Waals surface area contributed by atoms with Gasteiger partial charge >= 0.3 is 0 Å². The smallest absolute Gasteiger partial charge is 0.239 e. The van der Waals surface area contributed by atoms with Gasteiger partial charge in [-0.15, -0.1) is 0 Å². The van der Waals surface area contributed by atoms with Crippen molar-refractivity contribution in [3.63, 3.8) is 0 Å². The van der Waals surface area contributed by atoms with Crippen molar-refractivity contribution in [3.05, 3.63) is 0 Å². The zero-order chi connectivity index (χ0) is 12.0. The summed E-state index contributed by atoms with van der Waals surface area (Å²) in [6.07, 6.45) is 0.927. The summed E-state index contributed by atoms with van der Waals surface area (Å²) in [5.74, 6) is 0.791. The molecule has 0 saturated carbocycles. The van der Waals surface area contributed by atoms with Crippen molar-refractivity contribution in [2.45, 2.75) is 33.2 Å². The van der Waals surface area contributed by atoms with Gasteiger partial charge in [0.2, 0.25) is 5.91 Å². The van der Waals surface area contributed by atoms with E-state index in [9.17, 15) is 4.79 Å². The van der Waals surface area contributed by atoms with Crippen LogP contribution in [0.5, 0.6) is 0 Å². The number of nitrogens with zero attached hydrogens (tertiary/aromatic N) is 1. The second kappa shape index (κ2) is 6.86. The Balaban J connectivity index is 2.16. The number of likely N-dealkylation sites (N-methyl/N-ethyl adjacent to an activating group) is 1. The molecule has 1 N–H and O–H groups in total. The van der Waals surface area contributed by atoms with Gasteiger partial charge in [-0.3, -0.25) is 4.79 Å². The summed E-state index contributed by atoms with van der Waals surface area (Å²) in [4.78, 5) is 13.7. The number of hydrogen-bond donors (Lipinski definition) is 1. The van der Waals surface area contributed by atoms with Crippen LogP contribution >= 0.6 is 0 Å². The Kier molecular flexibility index (Phi) is 5.77. The SMILES string of the molecule is CCNC1CCN(CCOCC(C)C)C1=O. The highest BCUT2D eigenvalue weighted by atomic mass is 16.5. The van der Waals surface area contributed by atoms with Crippen molar-refractivity contribution < 1.29 is 9.53 Å². The first kappa shape index (κ1) is 13.5. The lowest BCUT2D eigenvalue weighted by atomic mass is 10.2. The molecule has 1 heterocycles. The topological polar surface area (TPSA) is 41.6 Å². The fraction of sp³-hybridized carbons (Fsp3) is 0.917. The lowest BCUT2D eigenvalue weighted by Crippen LogP contribution is -2.39. The highest BCUT2D eigenvalue weighted by Crippen LogP contribution is 2.10. The molecule has 0 spiro atoms. The van der Waals surface area contributed by atoms with Crippen molar-refractivity contribution in [2.75, 3.05) is 32.8 Å². The van der Waals surface area contributed by atoms with E-state index in [4.69, 9.17) is 4.74 Å².